The molecule has 0 aliphatic carbocycles. The molecule has 3 nitrogen and oxygen atoms in total. The Morgan fingerprint density at radius 2 is 2.13 bits per heavy atom. The summed E-state index contributed by atoms with van der Waals surface area (Å²) in [6.07, 6.45) is 2.34. The minimum Gasteiger partial charge on any atom is -0.379 e. The molecule has 15 heavy (non-hydrogen) atoms. The van der Waals surface area contributed by atoms with Crippen LogP contribution >= 0.6 is 0 Å². The van der Waals surface area contributed by atoms with Gasteiger partial charge in [0.2, 0.25) is 0 Å². The SMILES string of the molecule is COC(C)(C)CCN1CC(CN)CC1C. The summed E-state index contributed by atoms with van der Waals surface area (Å²) in [6.45, 7) is 9.71. The van der Waals surface area contributed by atoms with Crippen LogP contribution in [0, 0.1) is 5.92 Å². The lowest BCUT2D eigenvalue weighted by atomic mass is 10.0. The second kappa shape index (κ2) is 5.28. The van der Waals surface area contributed by atoms with Gasteiger partial charge in [0, 0.05) is 26.2 Å². The number of hydrogen-bond donors (Lipinski definition) is 1. The topological polar surface area (TPSA) is 38.5 Å². The number of nitrogens with two attached hydrogens (primary N) is 1. The molecule has 0 aromatic rings. The van der Waals surface area contributed by atoms with E-state index in [-0.39, 0.29) is 5.60 Å². The van der Waals surface area contributed by atoms with E-state index in [4.69, 9.17) is 10.5 Å². The van der Waals surface area contributed by atoms with Crippen LogP contribution in [0.2, 0.25) is 0 Å². The average molecular weight is 214 g/mol. The van der Waals surface area contributed by atoms with Crippen molar-refractivity contribution in [3.63, 3.8) is 0 Å². The highest BCUT2D eigenvalue weighted by Crippen LogP contribution is 2.24. The maximum atomic E-state index is 5.72. The molecule has 1 fully saturated rings. The molecule has 1 saturated heterocycles. The van der Waals surface area contributed by atoms with E-state index in [1.165, 1.54) is 6.42 Å². The van der Waals surface area contributed by atoms with Gasteiger partial charge in [0.15, 0.2) is 0 Å². The molecule has 0 saturated carbocycles. The van der Waals surface area contributed by atoms with Crippen LogP contribution in [0.4, 0.5) is 0 Å². The van der Waals surface area contributed by atoms with Gasteiger partial charge >= 0.3 is 0 Å². The van der Waals surface area contributed by atoms with Crippen molar-refractivity contribution >= 4 is 0 Å². The van der Waals surface area contributed by atoms with Gasteiger partial charge in [0.25, 0.3) is 0 Å². The number of methoxy groups -OCH3 is 1. The molecule has 2 atom stereocenters. The maximum Gasteiger partial charge on any atom is 0.0634 e. The highest BCUT2D eigenvalue weighted by molar-refractivity contribution is 4.84. The molecule has 0 aromatic carbocycles. The van der Waals surface area contributed by atoms with Crippen LogP contribution in [0.25, 0.3) is 0 Å². The average Bonchev–Trinajstić information content (AvgIpc) is 2.57. The number of nitrogens with zero attached hydrogens (tertiary/aromatic N) is 1. The Balaban J connectivity index is 2.33. The minimum atomic E-state index is 0.000517. The molecule has 2 unspecified atom stereocenters. The van der Waals surface area contributed by atoms with Crippen LogP contribution in [0.1, 0.15) is 33.6 Å². The van der Waals surface area contributed by atoms with E-state index in [2.05, 4.69) is 25.7 Å². The Morgan fingerprint density at radius 3 is 2.60 bits per heavy atom. The van der Waals surface area contributed by atoms with E-state index in [1.54, 1.807) is 7.11 Å². The first kappa shape index (κ1) is 12.9. The summed E-state index contributed by atoms with van der Waals surface area (Å²) in [5, 5.41) is 0. The first-order valence-electron chi connectivity index (χ1n) is 5.98. The molecule has 1 aliphatic heterocycles. The molecular formula is C12H26N2O. The zero-order valence-corrected chi connectivity index (χ0v) is 10.6. The van der Waals surface area contributed by atoms with Crippen molar-refractivity contribution in [2.24, 2.45) is 11.7 Å². The lowest BCUT2D eigenvalue weighted by molar-refractivity contribution is 0.00680. The highest BCUT2D eigenvalue weighted by atomic mass is 16.5. The molecule has 0 radical (unpaired) electrons. The van der Waals surface area contributed by atoms with E-state index < -0.39 is 0 Å². The molecule has 90 valence electrons. The smallest absolute Gasteiger partial charge is 0.0634 e. The molecule has 0 spiro atoms. The molecule has 1 rings (SSSR count). The Hall–Kier alpha value is -0.120. The number of hydrogen-bond acceptors (Lipinski definition) is 3. The molecule has 0 amide bonds. The zero-order chi connectivity index (χ0) is 11.5. The number of likely N-dealkylation sites (tertiary alicyclic amines) is 1. The first-order chi connectivity index (χ1) is 6.98. The quantitative estimate of drug-likeness (QED) is 0.753. The summed E-state index contributed by atoms with van der Waals surface area (Å²) in [5.41, 5.74) is 5.72. The van der Waals surface area contributed by atoms with Gasteiger partial charge in [-0.2, -0.15) is 0 Å². The van der Waals surface area contributed by atoms with Crippen molar-refractivity contribution in [1.29, 1.82) is 0 Å². The third-order valence-electron chi connectivity index (χ3n) is 3.68. The Kier molecular flexibility index (Phi) is 4.56. The van der Waals surface area contributed by atoms with Gasteiger partial charge in [-0.05, 0) is 46.1 Å². The normalized spacial score (nSPS) is 28.6. The largest absolute Gasteiger partial charge is 0.379 e. The molecule has 2 N–H and O–H groups in total. The van der Waals surface area contributed by atoms with Crippen molar-refractivity contribution in [1.82, 2.24) is 4.90 Å². The van der Waals surface area contributed by atoms with Gasteiger partial charge in [0.05, 0.1) is 5.60 Å². The number of rotatable bonds is 5. The van der Waals surface area contributed by atoms with Crippen LogP contribution in [0.3, 0.4) is 0 Å². The second-order valence-electron chi connectivity index (χ2n) is 5.40. The van der Waals surface area contributed by atoms with Gasteiger partial charge in [-0.3, -0.25) is 0 Å². The van der Waals surface area contributed by atoms with E-state index in [0.717, 1.165) is 26.1 Å². The fourth-order valence-corrected chi connectivity index (χ4v) is 2.21. The van der Waals surface area contributed by atoms with Gasteiger partial charge in [-0.15, -0.1) is 0 Å². The Morgan fingerprint density at radius 1 is 1.47 bits per heavy atom. The summed E-state index contributed by atoms with van der Waals surface area (Å²) in [7, 11) is 1.79. The summed E-state index contributed by atoms with van der Waals surface area (Å²) in [4.78, 5) is 2.54. The van der Waals surface area contributed by atoms with Crippen molar-refractivity contribution in [2.45, 2.75) is 45.3 Å². The molecular weight excluding hydrogens is 188 g/mol. The van der Waals surface area contributed by atoms with Crippen molar-refractivity contribution in [3.05, 3.63) is 0 Å². The van der Waals surface area contributed by atoms with Crippen LogP contribution in [-0.2, 0) is 4.74 Å². The van der Waals surface area contributed by atoms with Gasteiger partial charge < -0.3 is 15.4 Å². The van der Waals surface area contributed by atoms with E-state index >= 15 is 0 Å². The zero-order valence-electron chi connectivity index (χ0n) is 10.6. The highest BCUT2D eigenvalue weighted by Gasteiger charge is 2.29. The van der Waals surface area contributed by atoms with E-state index in [1.807, 2.05) is 0 Å². The predicted octanol–water partition coefficient (Wildman–Crippen LogP) is 1.47. The Labute approximate surface area is 94.0 Å². The van der Waals surface area contributed by atoms with Crippen LogP contribution in [-0.4, -0.2) is 43.3 Å². The second-order valence-corrected chi connectivity index (χ2v) is 5.40. The third-order valence-corrected chi connectivity index (χ3v) is 3.68. The monoisotopic (exact) mass is 214 g/mol. The van der Waals surface area contributed by atoms with Crippen molar-refractivity contribution in [2.75, 3.05) is 26.7 Å². The predicted molar refractivity (Wildman–Crippen MR) is 63.9 cm³/mol. The molecule has 1 aliphatic rings. The fourth-order valence-electron chi connectivity index (χ4n) is 2.21. The van der Waals surface area contributed by atoms with E-state index in [9.17, 15) is 0 Å². The lowest BCUT2D eigenvalue weighted by Crippen LogP contribution is -2.34. The summed E-state index contributed by atoms with van der Waals surface area (Å²) >= 11 is 0. The lowest BCUT2D eigenvalue weighted by Gasteiger charge is -2.28. The molecule has 0 bridgehead atoms. The van der Waals surface area contributed by atoms with Crippen molar-refractivity contribution < 1.29 is 4.74 Å². The maximum absolute atomic E-state index is 5.72. The summed E-state index contributed by atoms with van der Waals surface area (Å²) < 4.78 is 5.43. The fraction of sp³-hybridized carbons (Fsp3) is 1.00. The summed E-state index contributed by atoms with van der Waals surface area (Å²) in [6, 6.07) is 0.686. The number of ether oxygens (including phenoxy) is 1. The molecule has 0 aromatic heterocycles. The van der Waals surface area contributed by atoms with Crippen LogP contribution in [0.15, 0.2) is 0 Å². The summed E-state index contributed by atoms with van der Waals surface area (Å²) in [5.74, 6) is 0.700. The third kappa shape index (κ3) is 3.74. The minimum absolute atomic E-state index is 0.000517. The molecule has 3 heteroatoms. The standard InChI is InChI=1S/C12H26N2O/c1-10-7-11(8-13)9-14(10)6-5-12(2,3)15-4/h10-11H,5-9,13H2,1-4H3. The van der Waals surface area contributed by atoms with E-state index in [0.29, 0.717) is 12.0 Å². The first-order valence-corrected chi connectivity index (χ1v) is 5.98. The van der Waals surface area contributed by atoms with Gasteiger partial charge in [-0.25, -0.2) is 0 Å². The van der Waals surface area contributed by atoms with Crippen LogP contribution in [0.5, 0.6) is 0 Å². The molecule has 1 heterocycles. The van der Waals surface area contributed by atoms with Gasteiger partial charge in [-0.1, -0.05) is 0 Å². The van der Waals surface area contributed by atoms with Gasteiger partial charge in [0.1, 0.15) is 0 Å². The van der Waals surface area contributed by atoms with Crippen LogP contribution < -0.4 is 5.73 Å². The van der Waals surface area contributed by atoms with Crippen molar-refractivity contribution in [3.8, 4) is 0 Å². The Bertz CT molecular complexity index is 194.